The van der Waals surface area contributed by atoms with Gasteiger partial charge < -0.3 is 20.8 Å². The minimum absolute atomic E-state index is 0.0206. The van der Waals surface area contributed by atoms with Gasteiger partial charge in [-0.15, -0.1) is 0 Å². The molecule has 2 aliphatic heterocycles. The van der Waals surface area contributed by atoms with Gasteiger partial charge in [0.25, 0.3) is 23.6 Å². The van der Waals surface area contributed by atoms with E-state index in [1.807, 2.05) is 0 Å². The zero-order chi connectivity index (χ0) is 29.5. The molecule has 2 aromatic carbocycles. The highest BCUT2D eigenvalue weighted by atomic mass is 32.1. The molecule has 4 rings (SSSR count). The largest absolute Gasteiger partial charge is 0.480 e. The van der Waals surface area contributed by atoms with Crippen LogP contribution in [0.15, 0.2) is 24.3 Å². The summed E-state index contributed by atoms with van der Waals surface area (Å²) in [6.07, 6.45) is 0. The highest BCUT2D eigenvalue weighted by Crippen LogP contribution is 2.37. The van der Waals surface area contributed by atoms with Crippen LogP contribution >= 0.6 is 25.3 Å². The van der Waals surface area contributed by atoms with Gasteiger partial charge >= 0.3 is 11.9 Å². The van der Waals surface area contributed by atoms with Gasteiger partial charge in [-0.3, -0.25) is 38.6 Å². The van der Waals surface area contributed by atoms with Crippen LogP contribution in [0.5, 0.6) is 0 Å². The molecule has 0 aromatic heterocycles. The van der Waals surface area contributed by atoms with E-state index in [0.717, 1.165) is 0 Å². The molecule has 0 unspecified atom stereocenters. The molecule has 14 nitrogen and oxygen atoms in total. The second-order valence-electron chi connectivity index (χ2n) is 8.75. The fraction of sp³-hybridized carbons (Fsp3) is 0.250. The van der Waals surface area contributed by atoms with Gasteiger partial charge in [-0.05, 0) is 24.3 Å². The molecule has 0 fully saturated rings. The molecule has 4 N–H and O–H groups in total. The van der Waals surface area contributed by atoms with Gasteiger partial charge in [0, 0.05) is 44.5 Å². The lowest BCUT2D eigenvalue weighted by Crippen LogP contribution is -2.51. The Morgan fingerprint density at radius 2 is 0.900 bits per heavy atom. The summed E-state index contributed by atoms with van der Waals surface area (Å²) >= 11 is 7.70. The predicted octanol–water partition coefficient (Wildman–Crippen LogP) is -0.970. The van der Waals surface area contributed by atoms with Crippen LogP contribution in [-0.2, 0) is 19.2 Å². The molecule has 0 saturated carbocycles. The molecule has 208 valence electrons. The van der Waals surface area contributed by atoms with Crippen LogP contribution in [0.3, 0.4) is 0 Å². The number of carboxylic acids is 2. The summed E-state index contributed by atoms with van der Waals surface area (Å²) in [7, 11) is 0. The van der Waals surface area contributed by atoms with Crippen molar-refractivity contribution in [1.82, 2.24) is 20.4 Å². The van der Waals surface area contributed by atoms with Crippen LogP contribution in [0.2, 0.25) is 0 Å². The molecule has 0 radical (unpaired) electrons. The van der Waals surface area contributed by atoms with Crippen LogP contribution in [0.1, 0.15) is 41.4 Å². The van der Waals surface area contributed by atoms with Gasteiger partial charge in [0.15, 0.2) is 0 Å². The summed E-state index contributed by atoms with van der Waals surface area (Å²) < 4.78 is 0. The summed E-state index contributed by atoms with van der Waals surface area (Å²) in [5.74, 6) is -8.60. The van der Waals surface area contributed by atoms with E-state index >= 15 is 0 Å². The Hall–Kier alpha value is -4.44. The van der Waals surface area contributed by atoms with Gasteiger partial charge in [0.2, 0.25) is 11.8 Å². The van der Waals surface area contributed by atoms with Crippen molar-refractivity contribution in [2.75, 3.05) is 24.6 Å². The number of amides is 6. The van der Waals surface area contributed by atoms with E-state index in [4.69, 9.17) is 10.2 Å². The number of imide groups is 2. The summed E-state index contributed by atoms with van der Waals surface area (Å²) in [5, 5.41) is 22.6. The Balaban J connectivity index is 1.66. The fourth-order valence-electron chi connectivity index (χ4n) is 4.40. The maximum atomic E-state index is 13.2. The van der Waals surface area contributed by atoms with Crippen molar-refractivity contribution in [2.45, 2.75) is 12.1 Å². The molecule has 2 heterocycles. The highest BCUT2D eigenvalue weighted by Gasteiger charge is 2.41. The Bertz CT molecular complexity index is 1360. The molecule has 2 aromatic rings. The van der Waals surface area contributed by atoms with Crippen molar-refractivity contribution >= 4 is 83.4 Å². The van der Waals surface area contributed by atoms with Gasteiger partial charge in [0.1, 0.15) is 25.2 Å². The number of aliphatic carboxylic acids is 2. The number of hydrogen-bond acceptors (Lipinski definition) is 10. The quantitative estimate of drug-likeness (QED) is 0.148. The highest BCUT2D eigenvalue weighted by molar-refractivity contribution is 7.80. The number of hydrogen-bond donors (Lipinski definition) is 6. The topological polar surface area (TPSA) is 208 Å². The van der Waals surface area contributed by atoms with Gasteiger partial charge in [-0.1, -0.05) is 0 Å². The number of nitrogens with zero attached hydrogens (tertiary/aromatic N) is 2. The third-order valence-electron chi connectivity index (χ3n) is 6.30. The molecule has 0 aliphatic carbocycles. The minimum Gasteiger partial charge on any atom is -0.480 e. The van der Waals surface area contributed by atoms with Crippen molar-refractivity contribution in [3.05, 3.63) is 46.5 Å². The second kappa shape index (κ2) is 11.0. The van der Waals surface area contributed by atoms with Crippen molar-refractivity contribution in [3.63, 3.8) is 0 Å². The molecular weight excluding hydrogens is 568 g/mol. The SMILES string of the molecule is O=C(CN1C(=O)c2ccc3c4c(ccc(c24)C1=O)C(=O)N(CC(=O)N[C@@H](CS)C(=O)O)C3=O)N[C@@H](CS)C(=O)O. The molecule has 0 spiro atoms. The number of thiol groups is 2. The maximum Gasteiger partial charge on any atom is 0.327 e. The third-order valence-corrected chi connectivity index (χ3v) is 7.03. The van der Waals surface area contributed by atoms with Crippen LogP contribution < -0.4 is 10.6 Å². The summed E-state index contributed by atoms with van der Waals surface area (Å²) in [6.45, 7) is -1.58. The Morgan fingerprint density at radius 1 is 0.625 bits per heavy atom. The molecule has 2 aliphatic rings. The average molecular weight is 589 g/mol. The number of rotatable bonds is 10. The second-order valence-corrected chi connectivity index (χ2v) is 9.48. The van der Waals surface area contributed by atoms with Crippen molar-refractivity contribution in [1.29, 1.82) is 0 Å². The molecule has 0 saturated heterocycles. The van der Waals surface area contributed by atoms with Crippen molar-refractivity contribution in [2.24, 2.45) is 0 Å². The number of carbonyl (C=O) groups is 8. The molecule has 40 heavy (non-hydrogen) atoms. The monoisotopic (exact) mass is 588 g/mol. The van der Waals surface area contributed by atoms with E-state index in [-0.39, 0.29) is 44.5 Å². The van der Waals surface area contributed by atoms with Gasteiger partial charge in [-0.25, -0.2) is 9.59 Å². The number of benzene rings is 2. The Morgan fingerprint density at radius 3 is 1.12 bits per heavy atom. The lowest BCUT2D eigenvalue weighted by atomic mass is 9.86. The molecular formula is C24H20N4O10S2. The van der Waals surface area contributed by atoms with Crippen molar-refractivity contribution < 1.29 is 48.6 Å². The predicted molar refractivity (Wildman–Crippen MR) is 142 cm³/mol. The smallest absolute Gasteiger partial charge is 0.327 e. The first-order valence-corrected chi connectivity index (χ1v) is 12.8. The number of carboxylic acid groups (broad SMARTS) is 2. The lowest BCUT2D eigenvalue weighted by molar-refractivity contribution is -0.141. The van der Waals surface area contributed by atoms with Crippen molar-refractivity contribution in [3.8, 4) is 0 Å². The molecule has 2 atom stereocenters. The van der Waals surface area contributed by atoms with E-state index in [2.05, 4.69) is 35.9 Å². The van der Waals surface area contributed by atoms with E-state index < -0.39 is 72.6 Å². The van der Waals surface area contributed by atoms with E-state index in [1.54, 1.807) is 0 Å². The Labute approximate surface area is 235 Å². The zero-order valence-electron chi connectivity index (χ0n) is 20.2. The lowest BCUT2D eigenvalue weighted by Gasteiger charge is -2.31. The summed E-state index contributed by atoms with van der Waals surface area (Å²) in [5.41, 5.74) is -0.289. The first-order chi connectivity index (χ1) is 18.9. The number of nitrogens with one attached hydrogen (secondary N) is 2. The van der Waals surface area contributed by atoms with Crippen LogP contribution in [0.4, 0.5) is 0 Å². The normalized spacial score (nSPS) is 15.7. The van der Waals surface area contributed by atoms with Gasteiger partial charge in [0.05, 0.1) is 0 Å². The first-order valence-electron chi connectivity index (χ1n) is 11.5. The van der Waals surface area contributed by atoms with Crippen LogP contribution in [0.25, 0.3) is 10.8 Å². The van der Waals surface area contributed by atoms with Crippen LogP contribution in [-0.4, -0.2) is 104 Å². The standard InChI is InChI=1S/C24H20N4O10S2/c29-15(25-13(7-39)23(35)36)5-27-19(31)9-1-2-10-18-12(4-3-11(17(9)18)21(27)33)22(34)28(20(10)32)6-16(30)26-14(8-40)24(37)38/h1-4,13-14,39-40H,5-8H2,(H,25,29)(H,26,30)(H,35,36)(H,37,38)/t13-,14-/m0/s1. The van der Waals surface area contributed by atoms with Gasteiger partial charge in [-0.2, -0.15) is 25.3 Å². The maximum absolute atomic E-state index is 13.2. The average Bonchev–Trinajstić information content (AvgIpc) is 2.91. The first kappa shape index (κ1) is 28.6. The number of carbonyl (C=O) groups excluding carboxylic acids is 6. The fourth-order valence-corrected chi connectivity index (χ4v) is 4.89. The minimum atomic E-state index is -1.35. The van der Waals surface area contributed by atoms with E-state index in [1.165, 1.54) is 24.3 Å². The Kier molecular flexibility index (Phi) is 7.84. The summed E-state index contributed by atoms with van der Waals surface area (Å²) in [4.78, 5) is 101. The summed E-state index contributed by atoms with van der Waals surface area (Å²) in [6, 6.07) is 2.27. The van der Waals surface area contributed by atoms with E-state index in [9.17, 15) is 38.4 Å². The molecule has 16 heteroatoms. The van der Waals surface area contributed by atoms with Crippen LogP contribution in [0, 0.1) is 0 Å². The molecule has 0 bridgehead atoms. The third kappa shape index (κ3) is 4.86. The zero-order valence-corrected chi connectivity index (χ0v) is 22.0. The van der Waals surface area contributed by atoms with E-state index in [0.29, 0.717) is 9.80 Å². The molecule has 6 amide bonds.